The number of aryl methyl sites for hydroxylation is 1. The van der Waals surface area contributed by atoms with E-state index in [9.17, 15) is 23.6 Å². The summed E-state index contributed by atoms with van der Waals surface area (Å²) in [4.78, 5) is 59.6. The number of benzene rings is 3. The number of ether oxygens (including phenoxy) is 1. The van der Waals surface area contributed by atoms with Crippen LogP contribution in [0.3, 0.4) is 0 Å². The Balaban J connectivity index is 1.20. The summed E-state index contributed by atoms with van der Waals surface area (Å²) >= 11 is 5.96. The number of anilines is 1. The molecule has 2 aliphatic carbocycles. The molecule has 3 aliphatic rings. The molecule has 2 bridgehead atoms. The lowest BCUT2D eigenvalue weighted by Crippen LogP contribution is -2.32. The highest BCUT2D eigenvalue weighted by atomic mass is 35.5. The van der Waals surface area contributed by atoms with Crippen LogP contribution in [-0.2, 0) is 14.3 Å². The number of Topliss-reactive ketones (excluding diaryl/α,β-unsaturated/α-hetero) is 1. The van der Waals surface area contributed by atoms with Gasteiger partial charge in [0.05, 0.1) is 34.3 Å². The van der Waals surface area contributed by atoms with Crippen molar-refractivity contribution in [2.24, 2.45) is 23.7 Å². The van der Waals surface area contributed by atoms with Gasteiger partial charge in [0.1, 0.15) is 5.82 Å². The SMILES string of the molecule is Cc1cccc2c(C(=O)OC(CCCl)C(=O)c3ccc(F)cc3)cc(-c3ccc(N4C(=O)C5C6C=CC(C6)C5C4=O)cc3)nc12. The molecule has 1 aromatic heterocycles. The number of fused-ring (bicyclic) bond motifs is 6. The lowest BCUT2D eigenvalue weighted by atomic mass is 9.85. The molecule has 5 atom stereocenters. The Kier molecular flexibility index (Phi) is 7.32. The van der Waals surface area contributed by atoms with E-state index in [2.05, 4.69) is 12.2 Å². The summed E-state index contributed by atoms with van der Waals surface area (Å²) in [6.07, 6.45) is 3.90. The molecule has 5 unspecified atom stereocenters. The van der Waals surface area contributed by atoms with Crippen molar-refractivity contribution in [3.63, 3.8) is 0 Å². The lowest BCUT2D eigenvalue weighted by Gasteiger charge is -2.18. The fraction of sp³-hybridized carbons (Fsp3) is 0.250. The summed E-state index contributed by atoms with van der Waals surface area (Å²) in [5, 5.41) is 0.558. The monoisotopic (exact) mass is 622 g/mol. The average Bonchev–Trinajstić information content (AvgIpc) is 3.74. The first-order valence-corrected chi connectivity index (χ1v) is 15.4. The Morgan fingerprint density at radius 1 is 0.978 bits per heavy atom. The molecule has 7 nitrogen and oxygen atoms in total. The van der Waals surface area contributed by atoms with Crippen LogP contribution in [0.4, 0.5) is 10.1 Å². The molecule has 1 saturated carbocycles. The third-order valence-electron chi connectivity index (χ3n) is 9.19. The Morgan fingerprint density at radius 2 is 1.64 bits per heavy atom. The summed E-state index contributed by atoms with van der Waals surface area (Å²) < 4.78 is 19.2. The van der Waals surface area contributed by atoms with Crippen molar-refractivity contribution in [1.82, 2.24) is 4.98 Å². The summed E-state index contributed by atoms with van der Waals surface area (Å²) in [6.45, 7) is 1.88. The summed E-state index contributed by atoms with van der Waals surface area (Å²) in [5.74, 6) is -2.25. The van der Waals surface area contributed by atoms with E-state index in [4.69, 9.17) is 21.3 Å². The van der Waals surface area contributed by atoms with Gasteiger partial charge in [0.25, 0.3) is 0 Å². The predicted octanol–water partition coefficient (Wildman–Crippen LogP) is 6.70. The van der Waals surface area contributed by atoms with Gasteiger partial charge in [0, 0.05) is 28.8 Å². The van der Waals surface area contributed by atoms with Crippen LogP contribution in [0.1, 0.15) is 39.1 Å². The highest BCUT2D eigenvalue weighted by Crippen LogP contribution is 2.53. The number of amides is 2. The number of allylic oxidation sites excluding steroid dienone is 2. The van der Waals surface area contributed by atoms with Crippen LogP contribution in [0.2, 0.25) is 0 Å². The number of imide groups is 1. The fourth-order valence-corrected chi connectivity index (χ4v) is 7.18. The molecule has 1 aliphatic heterocycles. The maximum atomic E-state index is 13.7. The van der Waals surface area contributed by atoms with Crippen molar-refractivity contribution in [1.29, 1.82) is 0 Å². The van der Waals surface area contributed by atoms with Crippen LogP contribution < -0.4 is 4.90 Å². The van der Waals surface area contributed by atoms with E-state index >= 15 is 0 Å². The van der Waals surface area contributed by atoms with E-state index in [1.165, 1.54) is 29.2 Å². The van der Waals surface area contributed by atoms with E-state index in [1.807, 2.05) is 19.1 Å². The summed E-state index contributed by atoms with van der Waals surface area (Å²) in [5.41, 5.74) is 3.49. The van der Waals surface area contributed by atoms with Gasteiger partial charge in [-0.25, -0.2) is 14.2 Å². The van der Waals surface area contributed by atoms with Gasteiger partial charge < -0.3 is 4.74 Å². The van der Waals surface area contributed by atoms with Crippen molar-refractivity contribution in [2.75, 3.05) is 10.8 Å². The van der Waals surface area contributed by atoms with E-state index in [0.717, 1.165) is 12.0 Å². The number of hydrogen-bond donors (Lipinski definition) is 0. The average molecular weight is 623 g/mol. The molecule has 1 saturated heterocycles. The Hall–Kier alpha value is -4.69. The molecule has 45 heavy (non-hydrogen) atoms. The number of hydrogen-bond acceptors (Lipinski definition) is 6. The van der Waals surface area contributed by atoms with E-state index in [1.54, 1.807) is 36.4 Å². The number of carbonyl (C=O) groups is 4. The number of rotatable bonds is 8. The minimum Gasteiger partial charge on any atom is -0.450 e. The molecule has 2 heterocycles. The van der Waals surface area contributed by atoms with Gasteiger partial charge in [-0.15, -0.1) is 11.6 Å². The molecule has 2 amide bonds. The smallest absolute Gasteiger partial charge is 0.339 e. The number of nitrogens with zero attached hydrogens (tertiary/aromatic N) is 2. The molecule has 0 spiro atoms. The third kappa shape index (κ3) is 4.93. The van der Waals surface area contributed by atoms with Gasteiger partial charge in [-0.2, -0.15) is 0 Å². The second-order valence-corrected chi connectivity index (χ2v) is 12.2. The molecule has 2 fully saturated rings. The number of esters is 1. The minimum atomic E-state index is -1.17. The molecular weight excluding hydrogens is 595 g/mol. The fourth-order valence-electron chi connectivity index (χ4n) is 6.98. The number of para-hydroxylation sites is 1. The van der Waals surface area contributed by atoms with Crippen LogP contribution in [-0.4, -0.2) is 40.5 Å². The lowest BCUT2D eigenvalue weighted by molar-refractivity contribution is -0.123. The number of aromatic nitrogens is 1. The van der Waals surface area contributed by atoms with Crippen molar-refractivity contribution < 1.29 is 28.3 Å². The maximum absolute atomic E-state index is 13.7. The van der Waals surface area contributed by atoms with Crippen molar-refractivity contribution >= 4 is 51.8 Å². The molecule has 226 valence electrons. The van der Waals surface area contributed by atoms with E-state index in [-0.39, 0.29) is 58.9 Å². The topological polar surface area (TPSA) is 93.6 Å². The molecule has 9 heteroatoms. The van der Waals surface area contributed by atoms with E-state index < -0.39 is 23.7 Å². The molecule has 7 rings (SSSR count). The number of halogens is 2. The molecular formula is C36H28ClFN2O5. The Morgan fingerprint density at radius 3 is 2.29 bits per heavy atom. The minimum absolute atomic E-state index is 0.0695. The van der Waals surface area contributed by atoms with Crippen LogP contribution in [0, 0.1) is 36.4 Å². The number of pyridine rings is 1. The summed E-state index contributed by atoms with van der Waals surface area (Å²) in [7, 11) is 0. The molecule has 0 radical (unpaired) electrons. The van der Waals surface area contributed by atoms with Gasteiger partial charge in [-0.1, -0.05) is 42.5 Å². The molecule has 0 N–H and O–H groups in total. The first-order chi connectivity index (χ1) is 21.7. The van der Waals surface area contributed by atoms with Gasteiger partial charge in [0.2, 0.25) is 17.6 Å². The largest absolute Gasteiger partial charge is 0.450 e. The highest BCUT2D eigenvalue weighted by molar-refractivity contribution is 6.23. The Bertz CT molecular complexity index is 1880. The number of carbonyl (C=O) groups excluding carboxylic acids is 4. The number of ketones is 1. The van der Waals surface area contributed by atoms with Crippen LogP contribution in [0.25, 0.3) is 22.2 Å². The standard InChI is InChI=1S/C36H28ClFN2O5/c1-19-3-2-4-26-27(36(44)45-29(15-16-37)33(41)21-7-11-24(38)12-8-21)18-28(39-32(19)26)20-9-13-25(14-10-20)40-34(42)30-22-5-6-23(17-22)31(30)35(40)43/h2-14,18,22-23,29-31H,15-17H2,1H3. The molecule has 4 aromatic rings. The van der Waals surface area contributed by atoms with E-state index in [0.29, 0.717) is 27.8 Å². The zero-order valence-corrected chi connectivity index (χ0v) is 25.0. The van der Waals surface area contributed by atoms with Gasteiger partial charge in [0.15, 0.2) is 6.10 Å². The zero-order valence-electron chi connectivity index (χ0n) is 24.3. The van der Waals surface area contributed by atoms with Gasteiger partial charge in [-0.3, -0.25) is 19.3 Å². The maximum Gasteiger partial charge on any atom is 0.339 e. The second-order valence-electron chi connectivity index (χ2n) is 11.8. The third-order valence-corrected chi connectivity index (χ3v) is 9.41. The first-order valence-electron chi connectivity index (χ1n) is 14.9. The van der Waals surface area contributed by atoms with Crippen LogP contribution in [0.5, 0.6) is 0 Å². The second kappa shape index (κ2) is 11.3. The van der Waals surface area contributed by atoms with Crippen LogP contribution >= 0.6 is 11.6 Å². The highest BCUT2D eigenvalue weighted by Gasteiger charge is 2.59. The Labute approximate surface area is 263 Å². The van der Waals surface area contributed by atoms with Crippen molar-refractivity contribution in [2.45, 2.75) is 25.9 Å². The normalized spacial score (nSPS) is 22.2. The van der Waals surface area contributed by atoms with Gasteiger partial charge in [-0.05, 0) is 73.2 Å². The quantitative estimate of drug-likeness (QED) is 0.0714. The predicted molar refractivity (Wildman–Crippen MR) is 167 cm³/mol. The number of alkyl halides is 1. The first kappa shape index (κ1) is 29.0. The van der Waals surface area contributed by atoms with Crippen molar-refractivity contribution in [3.05, 3.63) is 107 Å². The zero-order chi connectivity index (χ0) is 31.4. The molecule has 3 aromatic carbocycles. The summed E-state index contributed by atoms with van der Waals surface area (Å²) in [6, 6.07) is 19.1. The van der Waals surface area contributed by atoms with Gasteiger partial charge >= 0.3 is 5.97 Å². The van der Waals surface area contributed by atoms with Crippen molar-refractivity contribution in [3.8, 4) is 11.3 Å². The van der Waals surface area contributed by atoms with Crippen LogP contribution in [0.15, 0.2) is 84.9 Å².